The maximum Gasteiger partial charge on any atom is 0.339 e. The van der Waals surface area contributed by atoms with E-state index in [-0.39, 0.29) is 5.75 Å². The molecule has 0 unspecified atom stereocenters. The standard InChI is InChI=1S/C14H10BrClO3/c1-19-14(18)12-3-2-8(6-13(12)16)9-4-10(15)7-11(17)5-9/h2-7,17H,1H3. The van der Waals surface area contributed by atoms with Crippen molar-refractivity contribution in [2.45, 2.75) is 0 Å². The maximum atomic E-state index is 11.4. The number of carbonyl (C=O) groups excluding carboxylic acids is 1. The smallest absolute Gasteiger partial charge is 0.339 e. The van der Waals surface area contributed by atoms with Crippen LogP contribution < -0.4 is 0 Å². The van der Waals surface area contributed by atoms with Gasteiger partial charge in [0.1, 0.15) is 5.75 Å². The van der Waals surface area contributed by atoms with Gasteiger partial charge in [0.05, 0.1) is 17.7 Å². The molecule has 0 aromatic heterocycles. The van der Waals surface area contributed by atoms with Crippen molar-refractivity contribution in [3.63, 3.8) is 0 Å². The Morgan fingerprint density at radius 3 is 2.53 bits per heavy atom. The minimum atomic E-state index is -0.478. The Kier molecular flexibility index (Phi) is 4.12. The van der Waals surface area contributed by atoms with Gasteiger partial charge in [-0.05, 0) is 41.5 Å². The highest BCUT2D eigenvalue weighted by Crippen LogP contribution is 2.30. The Labute approximate surface area is 123 Å². The van der Waals surface area contributed by atoms with E-state index >= 15 is 0 Å². The maximum absolute atomic E-state index is 11.4. The summed E-state index contributed by atoms with van der Waals surface area (Å²) >= 11 is 9.37. The van der Waals surface area contributed by atoms with Gasteiger partial charge in [0, 0.05) is 4.47 Å². The largest absolute Gasteiger partial charge is 0.508 e. The fourth-order valence-corrected chi connectivity index (χ4v) is 2.45. The van der Waals surface area contributed by atoms with Crippen LogP contribution in [0.5, 0.6) is 5.75 Å². The van der Waals surface area contributed by atoms with Crippen molar-refractivity contribution in [2.75, 3.05) is 7.11 Å². The van der Waals surface area contributed by atoms with Gasteiger partial charge in [-0.1, -0.05) is 33.6 Å². The van der Waals surface area contributed by atoms with E-state index in [1.54, 1.807) is 30.3 Å². The van der Waals surface area contributed by atoms with E-state index in [2.05, 4.69) is 20.7 Å². The number of aromatic hydroxyl groups is 1. The van der Waals surface area contributed by atoms with Crippen LogP contribution in [-0.4, -0.2) is 18.2 Å². The number of phenolic OH excluding ortho intramolecular Hbond substituents is 1. The third-order valence-corrected chi connectivity index (χ3v) is 3.36. The number of phenols is 1. The summed E-state index contributed by atoms with van der Waals surface area (Å²) in [5.74, 6) is -0.328. The highest BCUT2D eigenvalue weighted by molar-refractivity contribution is 9.10. The van der Waals surface area contributed by atoms with E-state index in [9.17, 15) is 9.90 Å². The first kappa shape index (κ1) is 13.9. The van der Waals surface area contributed by atoms with E-state index in [1.165, 1.54) is 7.11 Å². The zero-order chi connectivity index (χ0) is 14.0. The molecule has 2 aromatic carbocycles. The third-order valence-electron chi connectivity index (χ3n) is 2.59. The number of ether oxygens (including phenoxy) is 1. The number of carbonyl (C=O) groups is 1. The Morgan fingerprint density at radius 2 is 1.95 bits per heavy atom. The molecule has 0 fully saturated rings. The molecule has 98 valence electrons. The van der Waals surface area contributed by atoms with Gasteiger partial charge in [0.25, 0.3) is 0 Å². The summed E-state index contributed by atoms with van der Waals surface area (Å²) in [5, 5.41) is 9.88. The molecule has 0 aliphatic heterocycles. The highest BCUT2D eigenvalue weighted by atomic mass is 79.9. The van der Waals surface area contributed by atoms with Crippen LogP contribution in [0, 0.1) is 0 Å². The van der Waals surface area contributed by atoms with Gasteiger partial charge >= 0.3 is 5.97 Å². The first-order valence-electron chi connectivity index (χ1n) is 5.39. The molecule has 0 aliphatic rings. The lowest BCUT2D eigenvalue weighted by Gasteiger charge is -2.07. The van der Waals surface area contributed by atoms with Gasteiger partial charge in [0.2, 0.25) is 0 Å². The minimum absolute atomic E-state index is 0.151. The molecule has 2 aromatic rings. The van der Waals surface area contributed by atoms with Crippen molar-refractivity contribution < 1.29 is 14.6 Å². The van der Waals surface area contributed by atoms with Gasteiger partial charge in [-0.2, -0.15) is 0 Å². The molecule has 0 heterocycles. The molecular formula is C14H10BrClO3. The average Bonchev–Trinajstić information content (AvgIpc) is 2.36. The van der Waals surface area contributed by atoms with Crippen LogP contribution in [0.3, 0.4) is 0 Å². The number of esters is 1. The third kappa shape index (κ3) is 3.08. The number of methoxy groups -OCH3 is 1. The van der Waals surface area contributed by atoms with Gasteiger partial charge < -0.3 is 9.84 Å². The zero-order valence-electron chi connectivity index (χ0n) is 9.98. The SMILES string of the molecule is COC(=O)c1ccc(-c2cc(O)cc(Br)c2)cc1Cl. The Morgan fingerprint density at radius 1 is 1.21 bits per heavy atom. The highest BCUT2D eigenvalue weighted by Gasteiger charge is 2.12. The summed E-state index contributed by atoms with van der Waals surface area (Å²) in [6.45, 7) is 0. The van der Waals surface area contributed by atoms with E-state index < -0.39 is 5.97 Å². The predicted molar refractivity (Wildman–Crippen MR) is 77.6 cm³/mol. The number of rotatable bonds is 2. The molecule has 5 heteroatoms. The lowest BCUT2D eigenvalue weighted by Crippen LogP contribution is -2.01. The summed E-state index contributed by atoms with van der Waals surface area (Å²) < 4.78 is 5.39. The minimum Gasteiger partial charge on any atom is -0.508 e. The summed E-state index contributed by atoms with van der Waals surface area (Å²) in [5.41, 5.74) is 1.91. The van der Waals surface area contributed by atoms with E-state index in [0.29, 0.717) is 10.6 Å². The summed E-state index contributed by atoms with van der Waals surface area (Å²) in [6.07, 6.45) is 0. The van der Waals surface area contributed by atoms with Crippen LogP contribution >= 0.6 is 27.5 Å². The van der Waals surface area contributed by atoms with Crippen LogP contribution in [0.4, 0.5) is 0 Å². The monoisotopic (exact) mass is 340 g/mol. The fraction of sp³-hybridized carbons (Fsp3) is 0.0714. The topological polar surface area (TPSA) is 46.5 Å². The van der Waals surface area contributed by atoms with E-state index in [0.717, 1.165) is 15.6 Å². The molecule has 19 heavy (non-hydrogen) atoms. The molecule has 3 nitrogen and oxygen atoms in total. The first-order chi connectivity index (χ1) is 9.01. The van der Waals surface area contributed by atoms with Crippen molar-refractivity contribution in [1.82, 2.24) is 0 Å². The van der Waals surface area contributed by atoms with Crippen LogP contribution in [0.15, 0.2) is 40.9 Å². The Bertz CT molecular complexity index is 620. The average molecular weight is 342 g/mol. The lowest BCUT2D eigenvalue weighted by atomic mass is 10.0. The summed E-state index contributed by atoms with van der Waals surface area (Å²) in [4.78, 5) is 11.4. The van der Waals surface area contributed by atoms with Crippen molar-refractivity contribution >= 4 is 33.5 Å². The molecule has 1 N–H and O–H groups in total. The number of hydrogen-bond acceptors (Lipinski definition) is 3. The first-order valence-corrected chi connectivity index (χ1v) is 6.56. The van der Waals surface area contributed by atoms with Gasteiger partial charge in [0.15, 0.2) is 0 Å². The second kappa shape index (κ2) is 5.63. The predicted octanol–water partition coefficient (Wildman–Crippen LogP) is 4.26. The van der Waals surface area contributed by atoms with Crippen molar-refractivity contribution in [3.8, 4) is 16.9 Å². The molecule has 2 rings (SSSR count). The molecule has 0 saturated carbocycles. The fourth-order valence-electron chi connectivity index (χ4n) is 1.71. The molecule has 0 saturated heterocycles. The molecule has 0 bridgehead atoms. The molecule has 0 atom stereocenters. The van der Waals surface area contributed by atoms with Crippen molar-refractivity contribution in [3.05, 3.63) is 51.5 Å². The number of halogens is 2. The van der Waals surface area contributed by atoms with E-state index in [1.807, 2.05) is 6.07 Å². The van der Waals surface area contributed by atoms with Crippen molar-refractivity contribution in [2.24, 2.45) is 0 Å². The van der Waals surface area contributed by atoms with E-state index in [4.69, 9.17) is 11.6 Å². The Balaban J connectivity index is 2.47. The van der Waals surface area contributed by atoms with Gasteiger partial charge in [-0.3, -0.25) is 0 Å². The molecule has 0 spiro atoms. The number of benzene rings is 2. The van der Waals surface area contributed by atoms with Crippen LogP contribution in [-0.2, 0) is 4.74 Å². The van der Waals surface area contributed by atoms with Crippen molar-refractivity contribution in [1.29, 1.82) is 0 Å². The van der Waals surface area contributed by atoms with Crippen LogP contribution in [0.1, 0.15) is 10.4 Å². The van der Waals surface area contributed by atoms with Gasteiger partial charge in [-0.25, -0.2) is 4.79 Å². The quantitative estimate of drug-likeness (QED) is 0.830. The van der Waals surface area contributed by atoms with Gasteiger partial charge in [-0.15, -0.1) is 0 Å². The Hall–Kier alpha value is -1.52. The molecule has 0 radical (unpaired) electrons. The molecule has 0 aliphatic carbocycles. The zero-order valence-corrected chi connectivity index (χ0v) is 12.3. The summed E-state index contributed by atoms with van der Waals surface area (Å²) in [7, 11) is 1.30. The normalized spacial score (nSPS) is 10.3. The molecule has 0 amide bonds. The second-order valence-electron chi connectivity index (χ2n) is 3.88. The second-order valence-corrected chi connectivity index (χ2v) is 5.21. The van der Waals surface area contributed by atoms with Crippen LogP contribution in [0.25, 0.3) is 11.1 Å². The van der Waals surface area contributed by atoms with Crippen LogP contribution in [0.2, 0.25) is 5.02 Å². The lowest BCUT2D eigenvalue weighted by molar-refractivity contribution is 0.0601. The molecular weight excluding hydrogens is 332 g/mol. The summed E-state index contributed by atoms with van der Waals surface area (Å²) in [6, 6.07) is 10.1. The number of hydrogen-bond donors (Lipinski definition) is 1.